The molecular formula is C24H32N4O4S2. The summed E-state index contributed by atoms with van der Waals surface area (Å²) >= 11 is 1.21. The lowest BCUT2D eigenvalue weighted by Crippen LogP contribution is -2.40. The van der Waals surface area contributed by atoms with E-state index >= 15 is 0 Å². The number of aryl methyl sites for hydroxylation is 1. The maximum Gasteiger partial charge on any atom is 0.328 e. The molecule has 0 aliphatic rings. The van der Waals surface area contributed by atoms with Gasteiger partial charge in [-0.05, 0) is 29.5 Å². The number of nitrogens with one attached hydrogen (secondary N) is 2. The first-order valence-corrected chi connectivity index (χ1v) is 13.5. The molecule has 0 unspecified atom stereocenters. The summed E-state index contributed by atoms with van der Waals surface area (Å²) in [6.45, 7) is 7.45. The summed E-state index contributed by atoms with van der Waals surface area (Å²) < 4.78 is 35.5. The van der Waals surface area contributed by atoms with Crippen LogP contribution in [0.4, 0.5) is 4.79 Å². The predicted octanol–water partition coefficient (Wildman–Crippen LogP) is 4.06. The number of ether oxygens (including phenoxy) is 1. The highest BCUT2D eigenvalue weighted by Crippen LogP contribution is 2.36. The summed E-state index contributed by atoms with van der Waals surface area (Å²) in [6.07, 6.45) is 5.36. The molecule has 0 aliphatic heterocycles. The molecule has 2 amide bonds. The van der Waals surface area contributed by atoms with E-state index in [-0.39, 0.29) is 10.8 Å². The topological polar surface area (TPSA) is 102 Å². The number of hydrogen-bond donors (Lipinski definition) is 2. The molecule has 0 atom stereocenters. The molecule has 184 valence electrons. The fourth-order valence-corrected chi connectivity index (χ4v) is 6.46. The summed E-state index contributed by atoms with van der Waals surface area (Å²) in [6, 6.07) is 8.99. The molecule has 0 aliphatic carbocycles. The van der Waals surface area contributed by atoms with Gasteiger partial charge < -0.3 is 14.6 Å². The Kier molecular flexibility index (Phi) is 8.87. The Balaban J connectivity index is 1.88. The van der Waals surface area contributed by atoms with Crippen molar-refractivity contribution in [3.63, 3.8) is 0 Å². The van der Waals surface area contributed by atoms with E-state index in [9.17, 15) is 13.2 Å². The average molecular weight is 505 g/mol. The Morgan fingerprint density at radius 1 is 1.24 bits per heavy atom. The molecule has 3 aromatic rings. The van der Waals surface area contributed by atoms with E-state index in [1.807, 2.05) is 36.5 Å². The third-order valence-electron chi connectivity index (χ3n) is 5.16. The first-order chi connectivity index (χ1) is 16.2. The van der Waals surface area contributed by atoms with E-state index in [2.05, 4.69) is 40.4 Å². The molecule has 0 saturated carbocycles. The largest absolute Gasteiger partial charge is 0.383 e. The van der Waals surface area contributed by atoms with E-state index in [4.69, 9.17) is 4.74 Å². The van der Waals surface area contributed by atoms with E-state index in [1.54, 1.807) is 6.20 Å². The number of amides is 2. The first-order valence-electron chi connectivity index (χ1n) is 11.2. The Morgan fingerprint density at radius 2 is 1.97 bits per heavy atom. The van der Waals surface area contributed by atoms with Gasteiger partial charge in [-0.25, -0.2) is 22.9 Å². The zero-order valence-electron chi connectivity index (χ0n) is 20.0. The van der Waals surface area contributed by atoms with Crippen molar-refractivity contribution in [1.29, 1.82) is 0 Å². The number of carbonyl (C=O) groups is 1. The predicted molar refractivity (Wildman–Crippen MR) is 135 cm³/mol. The van der Waals surface area contributed by atoms with E-state index in [1.165, 1.54) is 18.4 Å². The van der Waals surface area contributed by atoms with Gasteiger partial charge in [0.05, 0.1) is 6.61 Å². The van der Waals surface area contributed by atoms with Crippen molar-refractivity contribution < 1.29 is 17.9 Å². The number of aromatic nitrogens is 2. The standard InChI is InChI=1S/C24H32N4O4S2/c1-5-22-25-10-12-28(22)16-18-6-8-19(9-7-18)21-15-20(14-17(2)3)33-23(21)34(30,31)27-24(29)26-11-13-32-4/h6-10,12,15,17H,5,11,13-14,16H2,1-4H3,(H2,26,27,29). The smallest absolute Gasteiger partial charge is 0.328 e. The maximum atomic E-state index is 13.1. The highest BCUT2D eigenvalue weighted by Gasteiger charge is 2.25. The number of sulfonamides is 1. The second-order valence-corrected chi connectivity index (χ2v) is 11.4. The maximum absolute atomic E-state index is 13.1. The second-order valence-electron chi connectivity index (χ2n) is 8.39. The fourth-order valence-electron chi connectivity index (χ4n) is 3.58. The van der Waals surface area contributed by atoms with Crippen molar-refractivity contribution in [1.82, 2.24) is 19.6 Å². The van der Waals surface area contributed by atoms with Gasteiger partial charge in [-0.3, -0.25) is 0 Å². The Hall–Kier alpha value is -2.69. The fraction of sp³-hybridized carbons (Fsp3) is 0.417. The molecule has 0 bridgehead atoms. The van der Waals surface area contributed by atoms with Gasteiger partial charge in [-0.15, -0.1) is 11.3 Å². The van der Waals surface area contributed by atoms with Crippen LogP contribution in [-0.4, -0.2) is 44.3 Å². The zero-order valence-corrected chi connectivity index (χ0v) is 21.6. The molecule has 8 nitrogen and oxygen atoms in total. The lowest BCUT2D eigenvalue weighted by Gasteiger charge is -2.10. The number of rotatable bonds is 11. The highest BCUT2D eigenvalue weighted by molar-refractivity contribution is 7.92. The SMILES string of the molecule is CCc1nccn1Cc1ccc(-c2cc(CC(C)C)sc2S(=O)(=O)NC(=O)NCCOC)cc1. The number of thiophene rings is 1. The van der Waals surface area contributed by atoms with Gasteiger partial charge in [-0.1, -0.05) is 45.0 Å². The van der Waals surface area contributed by atoms with Gasteiger partial charge in [0.1, 0.15) is 10.0 Å². The third kappa shape index (κ3) is 6.68. The molecule has 2 aromatic heterocycles. The lowest BCUT2D eigenvalue weighted by atomic mass is 10.0. The Bertz CT molecular complexity index is 1200. The highest BCUT2D eigenvalue weighted by atomic mass is 32.2. The van der Waals surface area contributed by atoms with Crippen molar-refractivity contribution in [2.24, 2.45) is 5.92 Å². The molecule has 0 fully saturated rings. The van der Waals surface area contributed by atoms with Crippen molar-refractivity contribution >= 4 is 27.4 Å². The van der Waals surface area contributed by atoms with Crippen LogP contribution in [0, 0.1) is 5.92 Å². The molecule has 3 rings (SSSR count). The number of benzene rings is 1. The molecule has 2 N–H and O–H groups in total. The molecule has 0 radical (unpaired) electrons. The summed E-state index contributed by atoms with van der Waals surface area (Å²) in [5, 5.41) is 2.49. The van der Waals surface area contributed by atoms with Crippen LogP contribution in [0.2, 0.25) is 0 Å². The molecule has 0 saturated heterocycles. The minimum Gasteiger partial charge on any atom is -0.383 e. The molecule has 2 heterocycles. The Labute approximate surface area is 205 Å². The van der Waals surface area contributed by atoms with Crippen molar-refractivity contribution in [2.45, 2.75) is 44.4 Å². The molecule has 34 heavy (non-hydrogen) atoms. The van der Waals surface area contributed by atoms with E-state index < -0.39 is 16.1 Å². The van der Waals surface area contributed by atoms with Crippen LogP contribution < -0.4 is 10.0 Å². The monoisotopic (exact) mass is 504 g/mol. The summed E-state index contributed by atoms with van der Waals surface area (Å²) in [4.78, 5) is 17.4. The van der Waals surface area contributed by atoms with Crippen molar-refractivity contribution in [3.05, 3.63) is 59.0 Å². The Morgan fingerprint density at radius 3 is 2.62 bits per heavy atom. The second kappa shape index (κ2) is 11.6. The van der Waals surface area contributed by atoms with Crippen LogP contribution in [0.3, 0.4) is 0 Å². The first kappa shape index (κ1) is 25.9. The number of imidazole rings is 1. The van der Waals surface area contributed by atoms with Gasteiger partial charge in [0.2, 0.25) is 0 Å². The van der Waals surface area contributed by atoms with Gasteiger partial charge >= 0.3 is 6.03 Å². The number of urea groups is 1. The minimum atomic E-state index is -4.05. The van der Waals surface area contributed by atoms with E-state index in [0.717, 1.165) is 34.7 Å². The summed E-state index contributed by atoms with van der Waals surface area (Å²) in [7, 11) is -2.54. The average Bonchev–Trinajstić information content (AvgIpc) is 3.41. The molecular weight excluding hydrogens is 472 g/mol. The number of methoxy groups -OCH3 is 1. The van der Waals surface area contributed by atoms with Crippen molar-refractivity contribution in [2.75, 3.05) is 20.3 Å². The minimum absolute atomic E-state index is 0.140. The van der Waals surface area contributed by atoms with Gasteiger partial charge in [0, 0.05) is 49.5 Å². The number of carbonyl (C=O) groups excluding carboxylic acids is 1. The van der Waals surface area contributed by atoms with Gasteiger partial charge in [0.25, 0.3) is 10.0 Å². The third-order valence-corrected chi connectivity index (χ3v) is 8.18. The summed E-state index contributed by atoms with van der Waals surface area (Å²) in [5.74, 6) is 1.39. The van der Waals surface area contributed by atoms with Crippen LogP contribution >= 0.6 is 11.3 Å². The normalized spacial score (nSPS) is 11.7. The zero-order chi connectivity index (χ0) is 24.7. The van der Waals surface area contributed by atoms with Crippen LogP contribution in [0.25, 0.3) is 11.1 Å². The molecule has 1 aromatic carbocycles. The van der Waals surface area contributed by atoms with Crippen LogP contribution in [0.1, 0.15) is 37.0 Å². The number of hydrogen-bond acceptors (Lipinski definition) is 6. The van der Waals surface area contributed by atoms with Crippen molar-refractivity contribution in [3.8, 4) is 11.1 Å². The molecule has 10 heteroatoms. The summed E-state index contributed by atoms with van der Waals surface area (Å²) in [5.41, 5.74) is 2.48. The van der Waals surface area contributed by atoms with E-state index in [0.29, 0.717) is 24.6 Å². The van der Waals surface area contributed by atoms with Crippen LogP contribution in [0.5, 0.6) is 0 Å². The number of nitrogens with zero attached hydrogens (tertiary/aromatic N) is 2. The van der Waals surface area contributed by atoms with Crippen LogP contribution in [-0.2, 0) is 34.1 Å². The molecule has 0 spiro atoms. The van der Waals surface area contributed by atoms with Gasteiger partial charge in [-0.2, -0.15) is 0 Å². The lowest BCUT2D eigenvalue weighted by molar-refractivity contribution is 0.197. The van der Waals surface area contributed by atoms with Gasteiger partial charge in [0.15, 0.2) is 0 Å². The van der Waals surface area contributed by atoms with Crippen LogP contribution in [0.15, 0.2) is 46.9 Å². The quantitative estimate of drug-likeness (QED) is 0.384.